The molecule has 3 fully saturated rings. The largest absolute Gasteiger partial charge is 0.371 e. The number of para-hydroxylation sites is 1. The van der Waals surface area contributed by atoms with E-state index >= 15 is 0 Å². The van der Waals surface area contributed by atoms with Crippen LogP contribution in [0.3, 0.4) is 0 Å². The van der Waals surface area contributed by atoms with E-state index in [1.807, 2.05) is 42.6 Å². The fraction of sp³-hybridized carbons (Fsp3) is 0.500. The van der Waals surface area contributed by atoms with E-state index < -0.39 is 0 Å². The fourth-order valence-electron chi connectivity index (χ4n) is 4.66. The van der Waals surface area contributed by atoms with Crippen LogP contribution in [-0.2, 0) is 9.47 Å². The number of amides is 2. The van der Waals surface area contributed by atoms with E-state index in [-0.39, 0.29) is 30.3 Å². The molecule has 0 radical (unpaired) electrons. The number of carbonyl (C=O) groups is 1. The number of fused-ring (bicyclic) bond motifs is 1. The summed E-state index contributed by atoms with van der Waals surface area (Å²) < 4.78 is 11.9. The van der Waals surface area contributed by atoms with Crippen molar-refractivity contribution in [3.8, 4) is 0 Å². The quantitative estimate of drug-likeness (QED) is 0.703. The van der Waals surface area contributed by atoms with E-state index in [1.54, 1.807) is 0 Å². The van der Waals surface area contributed by atoms with Crippen LogP contribution in [0.15, 0.2) is 42.6 Å². The van der Waals surface area contributed by atoms with Crippen molar-refractivity contribution in [2.24, 2.45) is 0 Å². The number of hydrogen-bond donors (Lipinski definition) is 3. The molecule has 1 aliphatic carbocycles. The van der Waals surface area contributed by atoms with E-state index in [1.165, 1.54) is 25.7 Å². The molecule has 3 N–H and O–H groups in total. The van der Waals surface area contributed by atoms with Gasteiger partial charge in [0.15, 0.2) is 0 Å². The molecule has 3 heterocycles. The third-order valence-corrected chi connectivity index (χ3v) is 6.17. The van der Waals surface area contributed by atoms with Gasteiger partial charge in [0.1, 0.15) is 12.2 Å². The zero-order chi connectivity index (χ0) is 20.3. The van der Waals surface area contributed by atoms with E-state index in [4.69, 9.17) is 14.5 Å². The van der Waals surface area contributed by atoms with E-state index in [2.05, 4.69) is 20.9 Å². The van der Waals surface area contributed by atoms with Gasteiger partial charge in [0.05, 0.1) is 25.3 Å². The molecule has 30 heavy (non-hydrogen) atoms. The molecule has 1 saturated carbocycles. The number of aromatic nitrogens is 2. The van der Waals surface area contributed by atoms with Crippen molar-refractivity contribution in [2.75, 3.05) is 23.8 Å². The van der Waals surface area contributed by atoms with Gasteiger partial charge >= 0.3 is 6.03 Å². The summed E-state index contributed by atoms with van der Waals surface area (Å²) in [6, 6.07) is 10.9. The third kappa shape index (κ3) is 4.11. The van der Waals surface area contributed by atoms with Gasteiger partial charge in [0.25, 0.3) is 0 Å². The molecule has 0 spiro atoms. The monoisotopic (exact) mass is 409 g/mol. The van der Waals surface area contributed by atoms with Crippen LogP contribution >= 0.6 is 0 Å². The molecule has 3 aliphatic rings. The molecule has 2 saturated heterocycles. The number of nitrogens with one attached hydrogen (secondary N) is 3. The van der Waals surface area contributed by atoms with Crippen LogP contribution in [0.2, 0.25) is 0 Å². The Morgan fingerprint density at radius 2 is 1.70 bits per heavy atom. The summed E-state index contributed by atoms with van der Waals surface area (Å²) in [6.45, 7) is 0.906. The predicted molar refractivity (Wildman–Crippen MR) is 113 cm³/mol. The minimum Gasteiger partial charge on any atom is -0.371 e. The first-order valence-corrected chi connectivity index (χ1v) is 10.7. The van der Waals surface area contributed by atoms with Crippen molar-refractivity contribution in [3.63, 3.8) is 0 Å². The number of carbonyl (C=O) groups excluding carboxylic acids is 1. The zero-order valence-corrected chi connectivity index (χ0v) is 16.8. The van der Waals surface area contributed by atoms with Gasteiger partial charge in [0, 0.05) is 23.5 Å². The van der Waals surface area contributed by atoms with Crippen LogP contribution in [0.25, 0.3) is 0 Å². The van der Waals surface area contributed by atoms with Gasteiger partial charge in [-0.3, -0.25) is 0 Å². The van der Waals surface area contributed by atoms with Crippen molar-refractivity contribution in [2.45, 2.75) is 55.9 Å². The highest BCUT2D eigenvalue weighted by molar-refractivity contribution is 5.89. The average molecular weight is 409 g/mol. The van der Waals surface area contributed by atoms with Gasteiger partial charge < -0.3 is 25.4 Å². The Kier molecular flexibility index (Phi) is 5.50. The van der Waals surface area contributed by atoms with Crippen LogP contribution in [0.4, 0.5) is 16.4 Å². The lowest BCUT2D eigenvalue weighted by molar-refractivity contribution is 0.0683. The van der Waals surface area contributed by atoms with Crippen molar-refractivity contribution < 1.29 is 14.3 Å². The van der Waals surface area contributed by atoms with Crippen LogP contribution in [0.1, 0.15) is 37.3 Å². The van der Waals surface area contributed by atoms with Gasteiger partial charge in [-0.15, -0.1) is 0 Å². The molecular weight excluding hydrogens is 382 g/mol. The molecule has 4 atom stereocenters. The minimum atomic E-state index is -0.261. The number of urea groups is 1. The Morgan fingerprint density at radius 3 is 2.50 bits per heavy atom. The number of rotatable bonds is 5. The lowest BCUT2D eigenvalue weighted by atomic mass is 10.0. The molecule has 0 unspecified atom stereocenters. The predicted octanol–water partition coefficient (Wildman–Crippen LogP) is 2.90. The summed E-state index contributed by atoms with van der Waals surface area (Å²) in [7, 11) is 0. The van der Waals surface area contributed by atoms with Gasteiger partial charge in [0.2, 0.25) is 5.95 Å². The molecule has 2 aromatic rings. The Hall–Kier alpha value is -2.71. The molecule has 8 heteroatoms. The molecule has 158 valence electrons. The van der Waals surface area contributed by atoms with Crippen molar-refractivity contribution in [3.05, 3.63) is 48.3 Å². The lowest BCUT2D eigenvalue weighted by Gasteiger charge is -2.19. The lowest BCUT2D eigenvalue weighted by Crippen LogP contribution is -2.46. The molecule has 8 nitrogen and oxygen atoms in total. The topological polar surface area (TPSA) is 97.4 Å². The van der Waals surface area contributed by atoms with E-state index in [9.17, 15) is 4.79 Å². The van der Waals surface area contributed by atoms with E-state index in [0.29, 0.717) is 25.1 Å². The molecule has 0 bridgehead atoms. The second kappa shape index (κ2) is 8.57. The Morgan fingerprint density at radius 1 is 0.967 bits per heavy atom. The highest BCUT2D eigenvalue weighted by Gasteiger charge is 2.48. The Balaban J connectivity index is 1.18. The van der Waals surface area contributed by atoms with Gasteiger partial charge in [-0.05, 0) is 31.0 Å². The molecule has 1 aromatic heterocycles. The maximum absolute atomic E-state index is 12.3. The molecule has 2 amide bonds. The molecule has 1 aromatic carbocycles. The maximum atomic E-state index is 12.3. The minimum absolute atomic E-state index is 0.0437. The third-order valence-electron chi connectivity index (χ3n) is 6.17. The maximum Gasteiger partial charge on any atom is 0.319 e. The average Bonchev–Trinajstić information content (AvgIpc) is 3.50. The second-order valence-corrected chi connectivity index (χ2v) is 8.20. The number of anilines is 2. The number of nitrogens with zero attached hydrogens (tertiary/aromatic N) is 2. The number of benzene rings is 1. The second-order valence-electron chi connectivity index (χ2n) is 8.20. The summed E-state index contributed by atoms with van der Waals surface area (Å²) in [5, 5.41) is 9.20. The first kappa shape index (κ1) is 19.3. The van der Waals surface area contributed by atoms with Crippen molar-refractivity contribution in [1.29, 1.82) is 0 Å². The first-order valence-electron chi connectivity index (χ1n) is 10.7. The molecule has 5 rings (SSSR count). The van der Waals surface area contributed by atoms with Crippen molar-refractivity contribution in [1.82, 2.24) is 15.3 Å². The molecule has 2 aliphatic heterocycles. The van der Waals surface area contributed by atoms with Crippen molar-refractivity contribution >= 4 is 17.7 Å². The standard InChI is InChI=1S/C22H27N5O3/c28-22(24-15-8-2-1-3-9-15)27-18-13-30-19-17(12-29-20(18)19)26-21-23-11-10-16(25-21)14-6-4-5-7-14/h1-3,8-11,14,17-20H,4-7,12-13H2,(H,23,25,26)(H2,24,27,28)/t17-,18+,19-,20+/m0/s1. The normalized spacial score (nSPS) is 28.3. The summed E-state index contributed by atoms with van der Waals surface area (Å²) in [5.41, 5.74) is 1.86. The summed E-state index contributed by atoms with van der Waals surface area (Å²) in [5.74, 6) is 1.16. The van der Waals surface area contributed by atoms with E-state index in [0.717, 1.165) is 11.4 Å². The van der Waals surface area contributed by atoms with Crippen LogP contribution in [0.5, 0.6) is 0 Å². The fourth-order valence-corrected chi connectivity index (χ4v) is 4.66. The van der Waals surface area contributed by atoms with Crippen LogP contribution in [0, 0.1) is 0 Å². The van der Waals surface area contributed by atoms with Gasteiger partial charge in [-0.2, -0.15) is 0 Å². The van der Waals surface area contributed by atoms with Gasteiger partial charge in [-0.1, -0.05) is 31.0 Å². The van der Waals surface area contributed by atoms with Gasteiger partial charge in [-0.25, -0.2) is 14.8 Å². The Bertz CT molecular complexity index is 874. The first-order chi connectivity index (χ1) is 14.8. The Labute approximate surface area is 175 Å². The smallest absolute Gasteiger partial charge is 0.319 e. The molecular formula is C22H27N5O3. The SMILES string of the molecule is O=C(Nc1ccccc1)N[C@@H]1CO[C@@H]2[C@@H]1OC[C@@H]2Nc1nccc(C2CCCC2)n1. The highest BCUT2D eigenvalue weighted by atomic mass is 16.6. The number of hydrogen-bond acceptors (Lipinski definition) is 6. The zero-order valence-electron chi connectivity index (χ0n) is 16.8. The summed E-state index contributed by atoms with van der Waals surface area (Å²) in [6.07, 6.45) is 6.44. The highest BCUT2D eigenvalue weighted by Crippen LogP contribution is 2.33. The number of ether oxygens (including phenoxy) is 2. The van der Waals surface area contributed by atoms with Crippen LogP contribution < -0.4 is 16.0 Å². The summed E-state index contributed by atoms with van der Waals surface area (Å²) in [4.78, 5) is 21.4. The van der Waals surface area contributed by atoms with Crippen LogP contribution in [-0.4, -0.2) is 53.5 Å². The summed E-state index contributed by atoms with van der Waals surface area (Å²) >= 11 is 0.